The first kappa shape index (κ1) is 11.8. The van der Waals surface area contributed by atoms with Gasteiger partial charge < -0.3 is 0 Å². The van der Waals surface area contributed by atoms with E-state index in [9.17, 15) is 13.6 Å². The lowest BCUT2D eigenvalue weighted by Gasteiger charge is -2.02. The van der Waals surface area contributed by atoms with Crippen LogP contribution in [0, 0.1) is 11.6 Å². The first-order valence-electron chi connectivity index (χ1n) is 4.95. The Morgan fingerprint density at radius 3 is 2.59 bits per heavy atom. The fraction of sp³-hybridized carbons (Fsp3) is 0.182. The summed E-state index contributed by atoms with van der Waals surface area (Å²) in [6.45, 7) is 1.80. The predicted molar refractivity (Wildman–Crippen MR) is 59.1 cm³/mol. The second-order valence-electron chi connectivity index (χ2n) is 3.33. The number of halogens is 2. The standard InChI is InChI=1S/C11H8F2N2OS/c1-2-8-11(17-15-14-8)10(16)9-6(12)4-3-5-7(9)13/h3-5H,2H2,1H3. The second kappa shape index (κ2) is 4.67. The molecule has 0 unspecified atom stereocenters. The molecule has 0 bridgehead atoms. The van der Waals surface area contributed by atoms with Gasteiger partial charge in [-0.25, -0.2) is 8.78 Å². The minimum Gasteiger partial charge on any atom is -0.287 e. The van der Waals surface area contributed by atoms with Crippen molar-refractivity contribution in [2.45, 2.75) is 13.3 Å². The van der Waals surface area contributed by atoms with Crippen molar-refractivity contribution in [1.29, 1.82) is 0 Å². The Morgan fingerprint density at radius 2 is 2.00 bits per heavy atom. The van der Waals surface area contributed by atoms with Crippen LogP contribution < -0.4 is 0 Å². The lowest BCUT2D eigenvalue weighted by atomic mass is 10.1. The number of carbonyl (C=O) groups excluding carboxylic acids is 1. The van der Waals surface area contributed by atoms with Crippen molar-refractivity contribution in [2.24, 2.45) is 0 Å². The van der Waals surface area contributed by atoms with Crippen LogP contribution in [0.4, 0.5) is 8.78 Å². The summed E-state index contributed by atoms with van der Waals surface area (Å²) in [5.41, 5.74) is -0.0871. The highest BCUT2D eigenvalue weighted by Gasteiger charge is 2.23. The molecule has 1 heterocycles. The Hall–Kier alpha value is -1.69. The van der Waals surface area contributed by atoms with Crippen LogP contribution in [0.15, 0.2) is 18.2 Å². The van der Waals surface area contributed by atoms with E-state index >= 15 is 0 Å². The molecule has 3 nitrogen and oxygen atoms in total. The van der Waals surface area contributed by atoms with Crippen LogP contribution in [0.5, 0.6) is 0 Å². The van der Waals surface area contributed by atoms with Crippen molar-refractivity contribution in [3.05, 3.63) is 46.0 Å². The molecule has 0 spiro atoms. The lowest BCUT2D eigenvalue weighted by Crippen LogP contribution is -2.08. The fourth-order valence-electron chi connectivity index (χ4n) is 1.44. The number of ketones is 1. The second-order valence-corrected chi connectivity index (χ2v) is 4.08. The molecule has 0 radical (unpaired) electrons. The monoisotopic (exact) mass is 254 g/mol. The Bertz CT molecular complexity index is 548. The van der Waals surface area contributed by atoms with Gasteiger partial charge in [0.25, 0.3) is 0 Å². The van der Waals surface area contributed by atoms with Crippen molar-refractivity contribution >= 4 is 17.3 Å². The van der Waals surface area contributed by atoms with E-state index in [1.165, 1.54) is 6.07 Å². The van der Waals surface area contributed by atoms with Gasteiger partial charge in [0.2, 0.25) is 5.78 Å². The Labute approximate surface area is 100 Å². The average Bonchev–Trinajstić information content (AvgIpc) is 2.76. The van der Waals surface area contributed by atoms with E-state index in [-0.39, 0.29) is 4.88 Å². The molecule has 88 valence electrons. The van der Waals surface area contributed by atoms with Gasteiger partial charge in [0.15, 0.2) is 0 Å². The molecular weight excluding hydrogens is 246 g/mol. The molecule has 1 aromatic carbocycles. The number of aromatic nitrogens is 2. The van der Waals surface area contributed by atoms with Crippen molar-refractivity contribution in [1.82, 2.24) is 9.59 Å². The first-order valence-corrected chi connectivity index (χ1v) is 5.72. The predicted octanol–water partition coefficient (Wildman–Crippen LogP) is 2.61. The van der Waals surface area contributed by atoms with Crippen LogP contribution in [-0.4, -0.2) is 15.4 Å². The highest BCUT2D eigenvalue weighted by molar-refractivity contribution is 7.08. The zero-order valence-electron chi connectivity index (χ0n) is 8.91. The quantitative estimate of drug-likeness (QED) is 0.791. The first-order chi connectivity index (χ1) is 8.15. The van der Waals surface area contributed by atoms with Gasteiger partial charge in [0.1, 0.15) is 16.5 Å². The summed E-state index contributed by atoms with van der Waals surface area (Å²) in [4.78, 5) is 12.2. The van der Waals surface area contributed by atoms with E-state index in [1.54, 1.807) is 6.92 Å². The number of carbonyl (C=O) groups is 1. The summed E-state index contributed by atoms with van der Waals surface area (Å²) in [7, 11) is 0. The van der Waals surface area contributed by atoms with Gasteiger partial charge in [-0.3, -0.25) is 4.79 Å². The molecule has 0 atom stereocenters. The van der Waals surface area contributed by atoms with Gasteiger partial charge in [-0.15, -0.1) is 5.10 Å². The molecule has 0 aliphatic heterocycles. The number of hydrogen-bond donors (Lipinski definition) is 0. The van der Waals surface area contributed by atoms with Crippen LogP contribution in [0.1, 0.15) is 27.9 Å². The molecule has 2 rings (SSSR count). The third-order valence-corrected chi connectivity index (χ3v) is 3.05. The lowest BCUT2D eigenvalue weighted by molar-refractivity contribution is 0.103. The molecule has 0 amide bonds. The van der Waals surface area contributed by atoms with E-state index < -0.39 is 23.0 Å². The molecule has 0 aliphatic carbocycles. The number of aryl methyl sites for hydroxylation is 1. The van der Waals surface area contributed by atoms with Crippen LogP contribution in [0.2, 0.25) is 0 Å². The van der Waals surface area contributed by atoms with Crippen LogP contribution in [-0.2, 0) is 6.42 Å². The summed E-state index contributed by atoms with van der Waals surface area (Å²) in [6, 6.07) is 3.32. The largest absolute Gasteiger partial charge is 0.287 e. The zero-order valence-corrected chi connectivity index (χ0v) is 9.72. The highest BCUT2D eigenvalue weighted by Crippen LogP contribution is 2.21. The van der Waals surface area contributed by atoms with Gasteiger partial charge in [0.05, 0.1) is 11.3 Å². The molecule has 2 aromatic rings. The molecule has 1 aromatic heterocycles. The topological polar surface area (TPSA) is 42.9 Å². The highest BCUT2D eigenvalue weighted by atomic mass is 32.1. The van der Waals surface area contributed by atoms with E-state index in [4.69, 9.17) is 0 Å². The van der Waals surface area contributed by atoms with Crippen LogP contribution in [0.25, 0.3) is 0 Å². The summed E-state index contributed by atoms with van der Waals surface area (Å²) in [5, 5.41) is 3.74. The van der Waals surface area contributed by atoms with Crippen molar-refractivity contribution in [2.75, 3.05) is 0 Å². The van der Waals surface area contributed by atoms with Crippen molar-refractivity contribution in [3.63, 3.8) is 0 Å². The molecular formula is C11H8F2N2OS. The van der Waals surface area contributed by atoms with Crippen molar-refractivity contribution in [3.8, 4) is 0 Å². The third-order valence-electron chi connectivity index (χ3n) is 2.29. The van der Waals surface area contributed by atoms with E-state index in [0.717, 1.165) is 23.7 Å². The van der Waals surface area contributed by atoms with Gasteiger partial charge in [-0.05, 0) is 30.1 Å². The number of rotatable bonds is 3. The normalized spacial score (nSPS) is 10.5. The zero-order chi connectivity index (χ0) is 12.4. The maximum atomic E-state index is 13.4. The SMILES string of the molecule is CCc1nnsc1C(=O)c1c(F)cccc1F. The van der Waals surface area contributed by atoms with Crippen molar-refractivity contribution < 1.29 is 13.6 Å². The van der Waals surface area contributed by atoms with E-state index in [1.807, 2.05) is 0 Å². The Balaban J connectivity index is 2.51. The molecule has 0 N–H and O–H groups in total. The van der Waals surface area contributed by atoms with Gasteiger partial charge in [-0.1, -0.05) is 17.5 Å². The summed E-state index contributed by atoms with van der Waals surface area (Å²) >= 11 is 0.850. The summed E-state index contributed by atoms with van der Waals surface area (Å²) in [5.74, 6) is -2.44. The average molecular weight is 254 g/mol. The molecule has 0 aliphatic rings. The summed E-state index contributed by atoms with van der Waals surface area (Å²) < 4.78 is 30.5. The Kier molecular flexibility index (Phi) is 3.23. The fourth-order valence-corrected chi connectivity index (χ4v) is 2.14. The molecule has 0 saturated carbocycles. The van der Waals surface area contributed by atoms with E-state index in [2.05, 4.69) is 9.59 Å². The smallest absolute Gasteiger partial charge is 0.212 e. The number of hydrogen-bond acceptors (Lipinski definition) is 4. The summed E-state index contributed by atoms with van der Waals surface area (Å²) in [6.07, 6.45) is 0.494. The van der Waals surface area contributed by atoms with E-state index in [0.29, 0.717) is 12.1 Å². The molecule has 0 saturated heterocycles. The van der Waals surface area contributed by atoms with Crippen LogP contribution in [0.3, 0.4) is 0 Å². The maximum Gasteiger partial charge on any atom is 0.212 e. The third kappa shape index (κ3) is 2.08. The van der Waals surface area contributed by atoms with Crippen LogP contribution >= 0.6 is 11.5 Å². The molecule has 6 heteroatoms. The van der Waals surface area contributed by atoms with Gasteiger partial charge in [0, 0.05) is 0 Å². The van der Waals surface area contributed by atoms with Gasteiger partial charge >= 0.3 is 0 Å². The minimum absolute atomic E-state index is 0.191. The number of nitrogens with zero attached hydrogens (tertiary/aromatic N) is 2. The number of benzene rings is 1. The molecule has 17 heavy (non-hydrogen) atoms. The minimum atomic E-state index is -0.870. The Morgan fingerprint density at radius 1 is 1.35 bits per heavy atom. The van der Waals surface area contributed by atoms with Gasteiger partial charge in [-0.2, -0.15) is 0 Å². The molecule has 0 fully saturated rings. The maximum absolute atomic E-state index is 13.4.